The van der Waals surface area contributed by atoms with Crippen molar-refractivity contribution in [3.63, 3.8) is 0 Å². The second-order valence-corrected chi connectivity index (χ2v) is 7.71. The fourth-order valence-corrected chi connectivity index (χ4v) is 2.77. The van der Waals surface area contributed by atoms with Crippen molar-refractivity contribution in [1.82, 2.24) is 10.1 Å². The zero-order valence-corrected chi connectivity index (χ0v) is 16.0. The first kappa shape index (κ1) is 19.9. The lowest BCUT2D eigenvalue weighted by Gasteiger charge is -2.35. The average molecular weight is 365 g/mol. The van der Waals surface area contributed by atoms with Gasteiger partial charge in [-0.25, -0.2) is 0 Å². The molecule has 1 aromatic heterocycles. The van der Waals surface area contributed by atoms with Crippen molar-refractivity contribution in [2.75, 3.05) is 18.4 Å². The summed E-state index contributed by atoms with van der Waals surface area (Å²) < 4.78 is 10.2. The Morgan fingerprint density at radius 1 is 1.31 bits per heavy atom. The quantitative estimate of drug-likeness (QED) is 0.820. The van der Waals surface area contributed by atoms with Crippen LogP contribution >= 0.6 is 0 Å². The number of nitrogens with one attached hydrogen (secondary N) is 1. The van der Waals surface area contributed by atoms with Crippen molar-refractivity contribution >= 4 is 23.6 Å². The molecule has 0 aromatic carbocycles. The summed E-state index contributed by atoms with van der Waals surface area (Å²) in [5, 5.41) is 6.20. The molecule has 0 bridgehead atoms. The Hall–Kier alpha value is -2.38. The van der Waals surface area contributed by atoms with Crippen LogP contribution in [0.2, 0.25) is 0 Å². The van der Waals surface area contributed by atoms with Crippen LogP contribution in [0.3, 0.4) is 0 Å². The van der Waals surface area contributed by atoms with E-state index in [1.807, 2.05) is 20.8 Å². The van der Waals surface area contributed by atoms with E-state index >= 15 is 0 Å². The summed E-state index contributed by atoms with van der Waals surface area (Å²) in [5.41, 5.74) is -0.431. The average Bonchev–Trinajstić information content (AvgIpc) is 2.98. The van der Waals surface area contributed by atoms with Crippen molar-refractivity contribution < 1.29 is 23.6 Å². The maximum absolute atomic E-state index is 12.3. The Morgan fingerprint density at radius 2 is 1.92 bits per heavy atom. The van der Waals surface area contributed by atoms with Gasteiger partial charge in [0.05, 0.1) is 5.92 Å². The van der Waals surface area contributed by atoms with Gasteiger partial charge in [0.1, 0.15) is 5.76 Å². The SMILES string of the molecule is Cc1cc(NC(=O)C(C)OC(=O)C2CCN(C(=O)C(C)(C)C)CC2)no1. The molecule has 2 amide bonds. The second kappa shape index (κ2) is 7.88. The maximum atomic E-state index is 12.3. The number of nitrogens with zero attached hydrogens (tertiary/aromatic N) is 2. The van der Waals surface area contributed by atoms with Gasteiger partial charge in [0.2, 0.25) is 5.91 Å². The summed E-state index contributed by atoms with van der Waals surface area (Å²) in [6.45, 7) is 9.91. The van der Waals surface area contributed by atoms with Gasteiger partial charge in [0, 0.05) is 24.6 Å². The lowest BCUT2D eigenvalue weighted by molar-refractivity contribution is -0.160. The van der Waals surface area contributed by atoms with Gasteiger partial charge in [-0.2, -0.15) is 0 Å². The third-order valence-electron chi connectivity index (χ3n) is 4.30. The van der Waals surface area contributed by atoms with E-state index in [1.54, 1.807) is 17.9 Å². The number of carbonyl (C=O) groups is 3. The van der Waals surface area contributed by atoms with E-state index in [0.29, 0.717) is 31.7 Å². The van der Waals surface area contributed by atoms with E-state index in [2.05, 4.69) is 10.5 Å². The third-order valence-corrected chi connectivity index (χ3v) is 4.30. The van der Waals surface area contributed by atoms with Crippen molar-refractivity contribution in [3.05, 3.63) is 11.8 Å². The van der Waals surface area contributed by atoms with Crippen molar-refractivity contribution in [3.8, 4) is 0 Å². The van der Waals surface area contributed by atoms with Crippen molar-refractivity contribution in [2.45, 2.75) is 53.6 Å². The number of hydrogen-bond acceptors (Lipinski definition) is 6. The molecule has 1 saturated heterocycles. The monoisotopic (exact) mass is 365 g/mol. The van der Waals surface area contributed by atoms with Gasteiger partial charge in [-0.15, -0.1) is 0 Å². The van der Waals surface area contributed by atoms with Crippen molar-refractivity contribution in [1.29, 1.82) is 0 Å². The van der Waals surface area contributed by atoms with Crippen LogP contribution in [0, 0.1) is 18.3 Å². The highest BCUT2D eigenvalue weighted by Gasteiger charge is 2.34. The van der Waals surface area contributed by atoms with Gasteiger partial charge in [0.15, 0.2) is 11.9 Å². The Kier molecular flexibility index (Phi) is 6.05. The zero-order chi connectivity index (χ0) is 19.5. The first-order valence-electron chi connectivity index (χ1n) is 8.82. The molecule has 0 saturated carbocycles. The number of ether oxygens (including phenoxy) is 1. The summed E-state index contributed by atoms with van der Waals surface area (Å²) in [7, 11) is 0. The molecule has 1 atom stereocenters. The van der Waals surface area contributed by atoms with Crippen LogP contribution in [0.15, 0.2) is 10.6 Å². The molecule has 0 spiro atoms. The van der Waals surface area contributed by atoms with Crippen LogP contribution in [0.4, 0.5) is 5.82 Å². The molecule has 2 rings (SSSR count). The van der Waals surface area contributed by atoms with E-state index in [4.69, 9.17) is 9.26 Å². The number of rotatable bonds is 4. The van der Waals surface area contributed by atoms with Gasteiger partial charge >= 0.3 is 5.97 Å². The summed E-state index contributed by atoms with van der Waals surface area (Å²) in [4.78, 5) is 38.4. The maximum Gasteiger partial charge on any atom is 0.309 e. The van der Waals surface area contributed by atoms with E-state index in [0.717, 1.165) is 0 Å². The Balaban J connectivity index is 1.81. The van der Waals surface area contributed by atoms with Crippen LogP contribution in [0.25, 0.3) is 0 Å². The fourth-order valence-electron chi connectivity index (χ4n) is 2.77. The van der Waals surface area contributed by atoms with Crippen LogP contribution in [0.5, 0.6) is 0 Å². The number of anilines is 1. The Bertz CT molecular complexity index is 669. The van der Waals surface area contributed by atoms with Crippen LogP contribution in [0.1, 0.15) is 46.3 Å². The number of amides is 2. The Morgan fingerprint density at radius 3 is 2.42 bits per heavy atom. The zero-order valence-electron chi connectivity index (χ0n) is 16.0. The number of aryl methyl sites for hydroxylation is 1. The van der Waals surface area contributed by atoms with Crippen molar-refractivity contribution in [2.24, 2.45) is 11.3 Å². The minimum Gasteiger partial charge on any atom is -0.452 e. The predicted octanol–water partition coefficient (Wildman–Crippen LogP) is 2.14. The van der Waals surface area contributed by atoms with Gasteiger partial charge in [-0.1, -0.05) is 25.9 Å². The van der Waals surface area contributed by atoms with E-state index in [-0.39, 0.29) is 17.6 Å². The molecule has 0 aliphatic carbocycles. The van der Waals surface area contributed by atoms with Crippen LogP contribution in [-0.4, -0.2) is 47.0 Å². The fraction of sp³-hybridized carbons (Fsp3) is 0.667. The third kappa shape index (κ3) is 5.06. The van der Waals surface area contributed by atoms with E-state index in [9.17, 15) is 14.4 Å². The van der Waals surface area contributed by atoms with Crippen LogP contribution < -0.4 is 5.32 Å². The highest BCUT2D eigenvalue weighted by atomic mass is 16.5. The summed E-state index contributed by atoms with van der Waals surface area (Å²) in [6, 6.07) is 1.58. The summed E-state index contributed by atoms with van der Waals surface area (Å²) >= 11 is 0. The molecule has 1 N–H and O–H groups in total. The number of carbonyl (C=O) groups excluding carboxylic acids is 3. The molecular weight excluding hydrogens is 338 g/mol. The van der Waals surface area contributed by atoms with E-state index < -0.39 is 23.4 Å². The molecule has 1 fully saturated rings. The molecule has 8 nitrogen and oxygen atoms in total. The molecular formula is C18H27N3O5. The summed E-state index contributed by atoms with van der Waals surface area (Å²) in [6.07, 6.45) is 0.142. The van der Waals surface area contributed by atoms with Gasteiger partial charge in [0.25, 0.3) is 5.91 Å². The highest BCUT2D eigenvalue weighted by molar-refractivity contribution is 5.94. The standard InChI is InChI=1S/C18H27N3O5/c1-11-10-14(20-26-11)19-15(22)12(2)25-16(23)13-6-8-21(9-7-13)17(24)18(3,4)5/h10,12-13H,6-9H2,1-5H3,(H,19,20,22). The molecule has 1 aliphatic rings. The first-order chi connectivity index (χ1) is 12.1. The van der Waals surface area contributed by atoms with Crippen LogP contribution in [-0.2, 0) is 19.1 Å². The smallest absolute Gasteiger partial charge is 0.309 e. The minimum atomic E-state index is -0.936. The molecule has 1 aromatic rings. The number of likely N-dealkylation sites (tertiary alicyclic amines) is 1. The van der Waals surface area contributed by atoms with E-state index in [1.165, 1.54) is 6.92 Å². The molecule has 2 heterocycles. The molecule has 1 aliphatic heterocycles. The molecule has 26 heavy (non-hydrogen) atoms. The highest BCUT2D eigenvalue weighted by Crippen LogP contribution is 2.24. The lowest BCUT2D eigenvalue weighted by Crippen LogP contribution is -2.45. The first-order valence-corrected chi connectivity index (χ1v) is 8.82. The topological polar surface area (TPSA) is 102 Å². The van der Waals surface area contributed by atoms with Gasteiger partial charge < -0.3 is 19.5 Å². The van der Waals surface area contributed by atoms with Gasteiger partial charge in [-0.05, 0) is 26.7 Å². The molecule has 144 valence electrons. The number of piperidine rings is 1. The number of aromatic nitrogens is 1. The normalized spacial score (nSPS) is 16.9. The lowest BCUT2D eigenvalue weighted by atomic mass is 9.91. The largest absolute Gasteiger partial charge is 0.452 e. The number of esters is 1. The molecule has 8 heteroatoms. The van der Waals surface area contributed by atoms with Gasteiger partial charge in [-0.3, -0.25) is 14.4 Å². The predicted molar refractivity (Wildman–Crippen MR) is 94.2 cm³/mol. The Labute approximate surface area is 153 Å². The molecule has 0 radical (unpaired) electrons. The number of hydrogen-bond donors (Lipinski definition) is 1. The minimum absolute atomic E-state index is 0.0833. The molecule has 1 unspecified atom stereocenters. The summed E-state index contributed by atoms with van der Waals surface area (Å²) in [5.74, 6) is -0.242. The second-order valence-electron chi connectivity index (χ2n) is 7.71.